The molecule has 0 bridgehead atoms. The molecule has 6 N–H and O–H groups in total. The quantitative estimate of drug-likeness (QED) is 0.0780. The first-order valence-corrected chi connectivity index (χ1v) is 14.2. The van der Waals surface area contributed by atoms with E-state index in [1.54, 1.807) is 31.2 Å². The summed E-state index contributed by atoms with van der Waals surface area (Å²) in [5.41, 5.74) is 7.40. The summed E-state index contributed by atoms with van der Waals surface area (Å²) in [7, 11) is 0. The van der Waals surface area contributed by atoms with Crippen LogP contribution in [0.3, 0.4) is 0 Å². The number of aromatic amines is 1. The van der Waals surface area contributed by atoms with Gasteiger partial charge >= 0.3 is 5.69 Å². The van der Waals surface area contributed by atoms with Crippen molar-refractivity contribution in [2.75, 3.05) is 19.8 Å². The van der Waals surface area contributed by atoms with Gasteiger partial charge in [0.1, 0.15) is 18.1 Å². The van der Waals surface area contributed by atoms with Crippen LogP contribution in [0.4, 0.5) is 13.2 Å². The molecule has 0 aliphatic heterocycles. The third-order valence-corrected chi connectivity index (χ3v) is 7.32. The molecule has 0 saturated heterocycles. The van der Waals surface area contributed by atoms with Crippen molar-refractivity contribution < 1.29 is 13.2 Å². The molecule has 0 saturated carbocycles. The highest BCUT2D eigenvalue weighted by atomic mass is 35.5. The van der Waals surface area contributed by atoms with E-state index in [2.05, 4.69) is 20.6 Å². The predicted octanol–water partition coefficient (Wildman–Crippen LogP) is 5.56. The molecule has 0 aliphatic carbocycles. The van der Waals surface area contributed by atoms with Gasteiger partial charge in [-0.05, 0) is 82.0 Å². The minimum Gasteiger partial charge on any atom is -0.374 e. The van der Waals surface area contributed by atoms with E-state index in [0.29, 0.717) is 60.5 Å². The Morgan fingerprint density at radius 3 is 2.69 bits per heavy atom. The molecule has 2 atom stereocenters. The first-order valence-electron chi connectivity index (χ1n) is 13.8. The molecular weight excluding hydrogens is 567 g/mol. The Labute approximate surface area is 247 Å². The van der Waals surface area contributed by atoms with E-state index in [0.717, 1.165) is 12.0 Å². The van der Waals surface area contributed by atoms with Crippen molar-refractivity contribution in [3.05, 3.63) is 80.9 Å². The molecule has 2 aromatic carbocycles. The van der Waals surface area contributed by atoms with Crippen molar-refractivity contribution in [1.82, 2.24) is 25.2 Å². The number of aryl methyl sites for hydroxylation is 1. The highest BCUT2D eigenvalue weighted by Gasteiger charge is 2.17. The Hall–Kier alpha value is -3.67. The molecule has 0 amide bonds. The fraction of sp³-hybridized carbons (Fsp3) is 0.367. The number of nitrogens with zero attached hydrogens (tertiary/aromatic N) is 2. The van der Waals surface area contributed by atoms with Crippen LogP contribution in [0.1, 0.15) is 50.3 Å². The standard InChI is InChI=1S/C30H35ClF3N7O/c1-17(37-9-4-10-38-18(2)35)23-8-7-22(14-26(23)33)41-16-20-13-27(39-29(20)40-30(41)42)24-11-19(12-25(31)28(24)34)5-3-6-21(36)15-32/h7-8,11-14,16-17,21,37H,3-6,9-10,15,36H2,1-2H3,(H2,35,38)(H,39,40,42)/t17-,21+/m0/s1. The van der Waals surface area contributed by atoms with Crippen LogP contribution in [0.5, 0.6) is 0 Å². The van der Waals surface area contributed by atoms with Crippen LogP contribution in [-0.2, 0) is 6.42 Å². The molecule has 4 aromatic rings. The number of hydrogen-bond donors (Lipinski definition) is 5. The summed E-state index contributed by atoms with van der Waals surface area (Å²) in [6, 6.07) is 8.62. The smallest absolute Gasteiger partial charge is 0.354 e. The molecule has 8 nitrogen and oxygen atoms in total. The van der Waals surface area contributed by atoms with Gasteiger partial charge < -0.3 is 21.4 Å². The molecule has 0 aliphatic rings. The van der Waals surface area contributed by atoms with Crippen LogP contribution >= 0.6 is 11.6 Å². The van der Waals surface area contributed by atoms with Gasteiger partial charge in [-0.3, -0.25) is 9.98 Å². The molecule has 42 heavy (non-hydrogen) atoms. The molecule has 2 heterocycles. The number of nitrogens with two attached hydrogens (primary N) is 1. The maximum Gasteiger partial charge on any atom is 0.354 e. The molecular formula is C30H35ClF3N7O. The van der Waals surface area contributed by atoms with Gasteiger partial charge in [0.05, 0.1) is 22.2 Å². The first-order chi connectivity index (χ1) is 20.1. The van der Waals surface area contributed by atoms with Gasteiger partial charge in [0, 0.05) is 41.3 Å². The number of alkyl halides is 1. The second-order valence-corrected chi connectivity index (χ2v) is 10.8. The Bertz CT molecular complexity index is 1620. The number of benzene rings is 2. The summed E-state index contributed by atoms with van der Waals surface area (Å²) in [5.74, 6) is -0.689. The summed E-state index contributed by atoms with van der Waals surface area (Å²) < 4.78 is 44.1. The van der Waals surface area contributed by atoms with Gasteiger partial charge in [-0.1, -0.05) is 17.7 Å². The summed E-state index contributed by atoms with van der Waals surface area (Å²) >= 11 is 6.18. The van der Waals surface area contributed by atoms with Gasteiger partial charge in [-0.25, -0.2) is 18.0 Å². The Morgan fingerprint density at radius 1 is 1.19 bits per heavy atom. The lowest BCUT2D eigenvalue weighted by molar-refractivity contribution is 0.407. The molecule has 224 valence electrons. The van der Waals surface area contributed by atoms with Gasteiger partial charge in [0.25, 0.3) is 0 Å². The lowest BCUT2D eigenvalue weighted by Crippen LogP contribution is -2.26. The van der Waals surface area contributed by atoms with Crippen molar-refractivity contribution in [1.29, 1.82) is 5.41 Å². The molecule has 0 fully saturated rings. The van der Waals surface area contributed by atoms with Crippen LogP contribution in [0.2, 0.25) is 5.02 Å². The monoisotopic (exact) mass is 601 g/mol. The van der Waals surface area contributed by atoms with Crippen molar-refractivity contribution >= 4 is 28.5 Å². The highest BCUT2D eigenvalue weighted by Crippen LogP contribution is 2.31. The lowest BCUT2D eigenvalue weighted by atomic mass is 10.0. The molecule has 2 aromatic heterocycles. The maximum absolute atomic E-state index is 15.1. The normalized spacial score (nSPS) is 12.9. The largest absolute Gasteiger partial charge is 0.374 e. The number of halogens is 4. The topological polar surface area (TPSA) is 125 Å². The minimum atomic E-state index is -0.625. The second kappa shape index (κ2) is 14.0. The predicted molar refractivity (Wildman–Crippen MR) is 161 cm³/mol. The van der Waals surface area contributed by atoms with E-state index >= 15 is 8.78 Å². The van der Waals surface area contributed by atoms with Crippen molar-refractivity contribution in [3.8, 4) is 16.9 Å². The molecule has 0 spiro atoms. The molecule has 4 rings (SSSR count). The van der Waals surface area contributed by atoms with E-state index in [1.165, 1.54) is 22.9 Å². The summed E-state index contributed by atoms with van der Waals surface area (Å²) in [4.78, 5) is 20.0. The SMILES string of the molecule is CC(=N)NCCCN[C@@H](C)c1ccc(-n2cc3cc(-c4cc(CCC[C@@H](N)CF)cc(Cl)c4F)[nH]c3nc2=O)cc1F. The van der Waals surface area contributed by atoms with Gasteiger partial charge in [0.15, 0.2) is 5.82 Å². The van der Waals surface area contributed by atoms with Crippen molar-refractivity contribution in [3.63, 3.8) is 0 Å². The average Bonchev–Trinajstić information content (AvgIpc) is 3.36. The number of H-pyrrole nitrogens is 1. The van der Waals surface area contributed by atoms with E-state index in [9.17, 15) is 9.18 Å². The zero-order chi connectivity index (χ0) is 30.4. The summed E-state index contributed by atoms with van der Waals surface area (Å²) in [6.45, 7) is 4.22. The number of aromatic nitrogens is 3. The van der Waals surface area contributed by atoms with E-state index in [-0.39, 0.29) is 22.3 Å². The number of hydrogen-bond acceptors (Lipinski definition) is 5. The third kappa shape index (κ3) is 7.58. The zero-order valence-electron chi connectivity index (χ0n) is 23.5. The highest BCUT2D eigenvalue weighted by molar-refractivity contribution is 6.31. The van der Waals surface area contributed by atoms with Gasteiger partial charge in [0.2, 0.25) is 0 Å². The Balaban J connectivity index is 1.55. The van der Waals surface area contributed by atoms with Crippen LogP contribution in [0.15, 0.2) is 47.4 Å². The third-order valence-electron chi connectivity index (χ3n) is 7.05. The first kappa shape index (κ1) is 31.3. The Morgan fingerprint density at radius 2 is 1.98 bits per heavy atom. The van der Waals surface area contributed by atoms with Gasteiger partial charge in [-0.15, -0.1) is 0 Å². The lowest BCUT2D eigenvalue weighted by Gasteiger charge is -2.16. The summed E-state index contributed by atoms with van der Waals surface area (Å²) in [6.07, 6.45) is 3.95. The number of fused-ring (bicyclic) bond motifs is 1. The van der Waals surface area contributed by atoms with E-state index < -0.39 is 30.0 Å². The molecule has 0 radical (unpaired) electrons. The average molecular weight is 602 g/mol. The fourth-order valence-corrected chi connectivity index (χ4v) is 5.01. The molecule has 0 unspecified atom stereocenters. The second-order valence-electron chi connectivity index (χ2n) is 10.4. The van der Waals surface area contributed by atoms with Crippen molar-refractivity contribution in [2.45, 2.75) is 51.6 Å². The van der Waals surface area contributed by atoms with Gasteiger partial charge in [-0.2, -0.15) is 4.98 Å². The Kier molecular flexibility index (Phi) is 10.4. The summed E-state index contributed by atoms with van der Waals surface area (Å²) in [5, 5.41) is 14.0. The van der Waals surface area contributed by atoms with Crippen LogP contribution in [0, 0.1) is 17.0 Å². The van der Waals surface area contributed by atoms with Crippen LogP contribution in [0.25, 0.3) is 28.0 Å². The minimum absolute atomic E-state index is 0.0547. The van der Waals surface area contributed by atoms with Crippen molar-refractivity contribution in [2.24, 2.45) is 5.73 Å². The number of rotatable bonds is 13. The number of amidine groups is 1. The molecule has 12 heteroatoms. The van der Waals surface area contributed by atoms with E-state index in [4.69, 9.17) is 22.7 Å². The maximum atomic E-state index is 15.1. The van der Waals surface area contributed by atoms with Crippen LogP contribution < -0.4 is 22.1 Å². The zero-order valence-corrected chi connectivity index (χ0v) is 24.3. The number of nitrogens with one attached hydrogen (secondary N) is 4. The fourth-order valence-electron chi connectivity index (χ4n) is 4.77. The van der Waals surface area contributed by atoms with E-state index in [1.807, 2.05) is 6.92 Å². The van der Waals surface area contributed by atoms with Crippen LogP contribution in [-0.4, -0.2) is 46.2 Å².